The van der Waals surface area contributed by atoms with Crippen LogP contribution in [0.15, 0.2) is 24.3 Å². The number of hydrogen-bond acceptors (Lipinski definition) is 2. The van der Waals surface area contributed by atoms with E-state index in [9.17, 15) is 0 Å². The van der Waals surface area contributed by atoms with Gasteiger partial charge in [-0.25, -0.2) is 0 Å². The first-order chi connectivity index (χ1) is 8.78. The van der Waals surface area contributed by atoms with E-state index < -0.39 is 0 Å². The fraction of sp³-hybridized carbons (Fsp3) is 0.600. The first-order valence-corrected chi connectivity index (χ1v) is 7.23. The van der Waals surface area contributed by atoms with E-state index in [-0.39, 0.29) is 0 Å². The number of aliphatic hydroxyl groups is 1. The third-order valence-corrected chi connectivity index (χ3v) is 4.02. The first-order valence-electron chi connectivity index (χ1n) is 6.85. The number of nitrogens with zero attached hydrogens (tertiary/aromatic N) is 1. The highest BCUT2D eigenvalue weighted by molar-refractivity contribution is 6.30. The van der Waals surface area contributed by atoms with Crippen LogP contribution >= 0.6 is 11.6 Å². The van der Waals surface area contributed by atoms with E-state index in [1.807, 2.05) is 12.1 Å². The summed E-state index contributed by atoms with van der Waals surface area (Å²) < 4.78 is 0. The molecule has 1 aromatic carbocycles. The van der Waals surface area contributed by atoms with Crippen LogP contribution in [-0.4, -0.2) is 36.2 Å². The molecule has 0 saturated carbocycles. The lowest BCUT2D eigenvalue weighted by atomic mass is 9.95. The van der Waals surface area contributed by atoms with Crippen molar-refractivity contribution in [1.29, 1.82) is 0 Å². The van der Waals surface area contributed by atoms with Crippen LogP contribution in [0.5, 0.6) is 0 Å². The van der Waals surface area contributed by atoms with Crippen molar-refractivity contribution in [3.63, 3.8) is 0 Å². The van der Waals surface area contributed by atoms with E-state index in [2.05, 4.69) is 17.0 Å². The van der Waals surface area contributed by atoms with Gasteiger partial charge in [-0.1, -0.05) is 23.7 Å². The Kier molecular flexibility index (Phi) is 5.48. The zero-order chi connectivity index (χ0) is 12.8. The minimum absolute atomic E-state index is 0.329. The molecule has 1 atom stereocenters. The van der Waals surface area contributed by atoms with E-state index in [4.69, 9.17) is 16.7 Å². The Morgan fingerprint density at radius 3 is 2.78 bits per heavy atom. The topological polar surface area (TPSA) is 23.5 Å². The van der Waals surface area contributed by atoms with E-state index >= 15 is 0 Å². The number of rotatable bonds is 5. The highest BCUT2D eigenvalue weighted by Gasteiger charge is 2.18. The summed E-state index contributed by atoms with van der Waals surface area (Å²) in [5.74, 6) is 0.689. The molecule has 1 aliphatic heterocycles. The third-order valence-electron chi connectivity index (χ3n) is 3.77. The van der Waals surface area contributed by atoms with Crippen LogP contribution in [0.3, 0.4) is 0 Å². The largest absolute Gasteiger partial charge is 0.396 e. The molecule has 1 unspecified atom stereocenters. The Hall–Kier alpha value is -0.570. The summed E-state index contributed by atoms with van der Waals surface area (Å²) in [6.45, 7) is 3.79. The Morgan fingerprint density at radius 1 is 1.28 bits per heavy atom. The molecule has 0 bridgehead atoms. The van der Waals surface area contributed by atoms with E-state index in [0.717, 1.165) is 31.0 Å². The second-order valence-corrected chi connectivity index (χ2v) is 5.63. The summed E-state index contributed by atoms with van der Waals surface area (Å²) in [5.41, 5.74) is 1.35. The molecule has 0 spiro atoms. The number of likely N-dealkylation sites (tertiary alicyclic amines) is 1. The molecular weight excluding hydrogens is 246 g/mol. The molecule has 2 rings (SSSR count). The van der Waals surface area contributed by atoms with Crippen LogP contribution in [0.25, 0.3) is 0 Å². The zero-order valence-corrected chi connectivity index (χ0v) is 11.6. The van der Waals surface area contributed by atoms with Gasteiger partial charge in [0.25, 0.3) is 0 Å². The summed E-state index contributed by atoms with van der Waals surface area (Å²) in [5, 5.41) is 9.81. The maximum atomic E-state index is 9.01. The van der Waals surface area contributed by atoms with E-state index in [1.165, 1.54) is 24.9 Å². The van der Waals surface area contributed by atoms with Gasteiger partial charge in [0.05, 0.1) is 0 Å². The van der Waals surface area contributed by atoms with Crippen LogP contribution in [0.1, 0.15) is 24.8 Å². The minimum atomic E-state index is 0.329. The number of benzene rings is 1. The van der Waals surface area contributed by atoms with Gasteiger partial charge < -0.3 is 10.0 Å². The predicted molar refractivity (Wildman–Crippen MR) is 76.0 cm³/mol. The molecule has 2 nitrogen and oxygen atoms in total. The first kappa shape index (κ1) is 13.9. The van der Waals surface area contributed by atoms with Gasteiger partial charge >= 0.3 is 0 Å². The van der Waals surface area contributed by atoms with Gasteiger partial charge in [0.1, 0.15) is 0 Å². The monoisotopic (exact) mass is 267 g/mol. The molecule has 1 fully saturated rings. The number of piperidine rings is 1. The molecule has 3 heteroatoms. The van der Waals surface area contributed by atoms with Crippen molar-refractivity contribution in [3.05, 3.63) is 34.9 Å². The van der Waals surface area contributed by atoms with Gasteiger partial charge in [0.2, 0.25) is 0 Å². The fourth-order valence-electron chi connectivity index (χ4n) is 2.71. The second kappa shape index (κ2) is 7.13. The van der Waals surface area contributed by atoms with Crippen LogP contribution in [0.4, 0.5) is 0 Å². The van der Waals surface area contributed by atoms with Crippen molar-refractivity contribution in [2.24, 2.45) is 5.92 Å². The lowest BCUT2D eigenvalue weighted by molar-refractivity contribution is 0.149. The van der Waals surface area contributed by atoms with Gasteiger partial charge in [-0.15, -0.1) is 0 Å². The Bertz CT molecular complexity index is 350. The summed E-state index contributed by atoms with van der Waals surface area (Å²) in [6.07, 6.45) is 4.59. The molecule has 1 heterocycles. The Balaban J connectivity index is 1.77. The van der Waals surface area contributed by atoms with E-state index in [0.29, 0.717) is 12.5 Å². The molecule has 1 saturated heterocycles. The summed E-state index contributed by atoms with van der Waals surface area (Å²) in [6, 6.07) is 8.14. The van der Waals surface area contributed by atoms with Crippen LogP contribution in [-0.2, 0) is 6.42 Å². The lowest BCUT2D eigenvalue weighted by Crippen LogP contribution is -2.37. The number of halogens is 1. The van der Waals surface area contributed by atoms with Crippen molar-refractivity contribution in [2.75, 3.05) is 26.2 Å². The molecule has 18 heavy (non-hydrogen) atoms. The smallest absolute Gasteiger partial charge is 0.0434 e. The van der Waals surface area contributed by atoms with Gasteiger partial charge in [-0.3, -0.25) is 0 Å². The molecule has 1 aliphatic rings. The maximum Gasteiger partial charge on any atom is 0.0434 e. The van der Waals surface area contributed by atoms with Gasteiger partial charge in [0, 0.05) is 24.7 Å². The predicted octanol–water partition coefficient (Wildman–Crippen LogP) is 2.98. The molecule has 0 aliphatic carbocycles. The van der Waals surface area contributed by atoms with Crippen LogP contribution < -0.4 is 0 Å². The second-order valence-electron chi connectivity index (χ2n) is 5.20. The number of aliphatic hydroxyl groups excluding tert-OH is 1. The maximum absolute atomic E-state index is 9.01. The molecule has 100 valence electrons. The quantitative estimate of drug-likeness (QED) is 0.887. The average molecular weight is 268 g/mol. The summed E-state index contributed by atoms with van der Waals surface area (Å²) >= 11 is 5.88. The fourth-order valence-corrected chi connectivity index (χ4v) is 2.84. The van der Waals surface area contributed by atoms with Crippen molar-refractivity contribution >= 4 is 11.6 Å². The third kappa shape index (κ3) is 4.27. The van der Waals surface area contributed by atoms with Crippen LogP contribution in [0, 0.1) is 5.92 Å². The highest BCUT2D eigenvalue weighted by atomic mass is 35.5. The normalized spacial score (nSPS) is 21.1. The van der Waals surface area contributed by atoms with Crippen molar-refractivity contribution < 1.29 is 5.11 Å². The van der Waals surface area contributed by atoms with Gasteiger partial charge in [0.15, 0.2) is 0 Å². The average Bonchev–Trinajstić information content (AvgIpc) is 2.39. The van der Waals surface area contributed by atoms with Gasteiger partial charge in [-0.2, -0.15) is 0 Å². The lowest BCUT2D eigenvalue weighted by Gasteiger charge is -2.32. The molecule has 0 amide bonds. The van der Waals surface area contributed by atoms with Crippen LogP contribution in [0.2, 0.25) is 5.02 Å². The molecule has 1 N–H and O–H groups in total. The molecular formula is C15H22ClNO. The van der Waals surface area contributed by atoms with Crippen molar-refractivity contribution in [1.82, 2.24) is 4.90 Å². The Morgan fingerprint density at radius 2 is 2.06 bits per heavy atom. The standard InChI is InChI=1S/C15H22ClNO/c16-15-5-3-13(4-6-15)7-10-17-9-1-2-14(12-17)8-11-18/h3-6,14,18H,1-2,7-12H2. The van der Waals surface area contributed by atoms with Gasteiger partial charge in [-0.05, 0) is 55.8 Å². The summed E-state index contributed by atoms with van der Waals surface area (Å²) in [7, 11) is 0. The van der Waals surface area contributed by atoms with Crippen molar-refractivity contribution in [2.45, 2.75) is 25.7 Å². The molecule has 1 aromatic rings. The Labute approximate surface area is 115 Å². The highest BCUT2D eigenvalue weighted by Crippen LogP contribution is 2.19. The minimum Gasteiger partial charge on any atom is -0.396 e. The van der Waals surface area contributed by atoms with Crippen molar-refractivity contribution in [3.8, 4) is 0 Å². The SMILES string of the molecule is OCCC1CCCN(CCc2ccc(Cl)cc2)C1. The van der Waals surface area contributed by atoms with E-state index in [1.54, 1.807) is 0 Å². The zero-order valence-electron chi connectivity index (χ0n) is 10.8. The summed E-state index contributed by atoms with van der Waals surface area (Å²) in [4.78, 5) is 2.53. The number of hydrogen-bond donors (Lipinski definition) is 1. The molecule has 0 aromatic heterocycles. The molecule has 0 radical (unpaired) electrons.